The van der Waals surface area contributed by atoms with Crippen LogP contribution in [0.15, 0.2) is 27.4 Å². The number of anilines is 3. The highest BCUT2D eigenvalue weighted by molar-refractivity contribution is 9.11. The van der Waals surface area contributed by atoms with E-state index in [4.69, 9.17) is 17.3 Å². The van der Waals surface area contributed by atoms with Crippen molar-refractivity contribution < 1.29 is 4.39 Å². The fraction of sp³-hybridized carbons (Fsp3) is 0. The highest BCUT2D eigenvalue weighted by Crippen LogP contribution is 2.36. The van der Waals surface area contributed by atoms with E-state index in [2.05, 4.69) is 47.1 Å². The van der Waals surface area contributed by atoms with Gasteiger partial charge < -0.3 is 11.1 Å². The summed E-state index contributed by atoms with van der Waals surface area (Å²) in [4.78, 5) is 7.83. The van der Waals surface area contributed by atoms with Crippen molar-refractivity contribution in [2.45, 2.75) is 0 Å². The van der Waals surface area contributed by atoms with Gasteiger partial charge in [-0.3, -0.25) is 0 Å². The third-order valence-corrected chi connectivity index (χ3v) is 3.77. The molecule has 0 amide bonds. The summed E-state index contributed by atoms with van der Waals surface area (Å²) in [5.41, 5.74) is 6.13. The van der Waals surface area contributed by atoms with Gasteiger partial charge >= 0.3 is 0 Å². The minimum Gasteiger partial charge on any atom is -0.383 e. The van der Waals surface area contributed by atoms with Gasteiger partial charge in [-0.2, -0.15) is 0 Å². The Morgan fingerprint density at radius 2 is 2.00 bits per heavy atom. The summed E-state index contributed by atoms with van der Waals surface area (Å²) in [6.07, 6.45) is 1.31. The molecule has 0 radical (unpaired) electrons. The van der Waals surface area contributed by atoms with E-state index in [9.17, 15) is 4.39 Å². The number of halogens is 4. The first-order valence-corrected chi connectivity index (χ1v) is 6.63. The maximum absolute atomic E-state index is 13.1. The second kappa shape index (κ2) is 5.38. The first-order chi connectivity index (χ1) is 8.49. The van der Waals surface area contributed by atoms with Gasteiger partial charge in [-0.1, -0.05) is 11.6 Å². The molecule has 94 valence electrons. The molecule has 3 N–H and O–H groups in total. The summed E-state index contributed by atoms with van der Waals surface area (Å²) < 4.78 is 14.1. The third kappa shape index (κ3) is 2.73. The maximum Gasteiger partial charge on any atom is 0.150 e. The largest absolute Gasteiger partial charge is 0.383 e. The number of nitrogen functional groups attached to an aromatic ring is 1. The van der Waals surface area contributed by atoms with Crippen LogP contribution < -0.4 is 11.1 Å². The molecule has 1 aromatic carbocycles. The van der Waals surface area contributed by atoms with Crippen molar-refractivity contribution >= 4 is 60.8 Å². The second-order valence-corrected chi connectivity index (χ2v) is 5.35. The van der Waals surface area contributed by atoms with Crippen LogP contribution in [0.25, 0.3) is 0 Å². The van der Waals surface area contributed by atoms with E-state index in [0.717, 1.165) is 0 Å². The van der Waals surface area contributed by atoms with Crippen molar-refractivity contribution in [2.75, 3.05) is 11.1 Å². The molecule has 2 rings (SSSR count). The molecular weight excluding hydrogens is 390 g/mol. The summed E-state index contributed by atoms with van der Waals surface area (Å²) in [5, 5.41) is 3.18. The Kier molecular flexibility index (Phi) is 4.04. The molecule has 0 unspecified atom stereocenters. The van der Waals surface area contributed by atoms with Crippen molar-refractivity contribution in [3.63, 3.8) is 0 Å². The van der Waals surface area contributed by atoms with E-state index < -0.39 is 5.82 Å². The van der Waals surface area contributed by atoms with Gasteiger partial charge in [0.2, 0.25) is 0 Å². The van der Waals surface area contributed by atoms with Gasteiger partial charge in [-0.25, -0.2) is 14.4 Å². The molecule has 0 aliphatic rings. The highest BCUT2D eigenvalue weighted by atomic mass is 79.9. The molecule has 0 atom stereocenters. The molecular formula is C10H6Br2ClFN4. The fourth-order valence-corrected chi connectivity index (χ4v) is 2.45. The lowest BCUT2D eigenvalue weighted by molar-refractivity contribution is 0.627. The zero-order valence-electron chi connectivity index (χ0n) is 8.72. The summed E-state index contributed by atoms with van der Waals surface area (Å²) in [6.45, 7) is 0. The molecule has 0 aliphatic carbocycles. The predicted octanol–water partition coefficient (Wildman–Crippen LogP) is 4.12. The van der Waals surface area contributed by atoms with Crippen LogP contribution in [0.1, 0.15) is 0 Å². The van der Waals surface area contributed by atoms with Crippen LogP contribution in [0.4, 0.5) is 21.7 Å². The van der Waals surface area contributed by atoms with Crippen LogP contribution >= 0.6 is 43.5 Å². The van der Waals surface area contributed by atoms with Crippen molar-refractivity contribution in [1.82, 2.24) is 9.97 Å². The molecule has 1 aromatic heterocycles. The minimum absolute atomic E-state index is 0.228. The number of hydrogen-bond donors (Lipinski definition) is 2. The first kappa shape index (κ1) is 13.5. The number of nitrogens with zero attached hydrogens (tertiary/aromatic N) is 2. The van der Waals surface area contributed by atoms with Crippen LogP contribution in [0.2, 0.25) is 5.02 Å². The predicted molar refractivity (Wildman–Crippen MR) is 76.5 cm³/mol. The molecule has 8 heteroatoms. The normalized spacial score (nSPS) is 10.4. The number of aromatic nitrogens is 2. The molecule has 0 spiro atoms. The number of hydrogen-bond acceptors (Lipinski definition) is 4. The molecule has 2 aromatic rings. The first-order valence-electron chi connectivity index (χ1n) is 4.66. The monoisotopic (exact) mass is 394 g/mol. The Bertz CT molecular complexity index is 585. The van der Waals surface area contributed by atoms with Crippen LogP contribution in [-0.2, 0) is 0 Å². The topological polar surface area (TPSA) is 63.8 Å². The number of nitrogens with two attached hydrogens (primary N) is 1. The van der Waals surface area contributed by atoms with Gasteiger partial charge in [0, 0.05) is 4.47 Å². The Hall–Kier alpha value is -0.920. The highest BCUT2D eigenvalue weighted by Gasteiger charge is 2.12. The van der Waals surface area contributed by atoms with E-state index in [-0.39, 0.29) is 5.02 Å². The third-order valence-electron chi connectivity index (χ3n) is 2.07. The molecule has 18 heavy (non-hydrogen) atoms. The molecule has 0 saturated heterocycles. The standard InChI is InChI=1S/C10H6Br2ClFN4/c11-5-1-4(14)2-6(13)8(5)18-10-7(12)9(15)16-3-17-10/h1-3H,(H3,15,16,17,18). The molecule has 4 nitrogen and oxygen atoms in total. The summed E-state index contributed by atoms with van der Waals surface area (Å²) in [5.74, 6) is 0.303. The van der Waals surface area contributed by atoms with E-state index in [1.165, 1.54) is 18.5 Å². The van der Waals surface area contributed by atoms with Gasteiger partial charge in [0.25, 0.3) is 0 Å². The quantitative estimate of drug-likeness (QED) is 0.802. The molecule has 0 fully saturated rings. The number of rotatable bonds is 2. The van der Waals surface area contributed by atoms with E-state index >= 15 is 0 Å². The van der Waals surface area contributed by atoms with Crippen molar-refractivity contribution in [2.24, 2.45) is 0 Å². The van der Waals surface area contributed by atoms with Crippen LogP contribution in [0, 0.1) is 5.82 Å². The Labute approximate surface area is 124 Å². The van der Waals surface area contributed by atoms with Gasteiger partial charge in [0.1, 0.15) is 28.3 Å². The van der Waals surface area contributed by atoms with E-state index in [1.54, 1.807) is 0 Å². The summed E-state index contributed by atoms with van der Waals surface area (Å²) in [6, 6.07) is 2.50. The van der Waals surface area contributed by atoms with Crippen molar-refractivity contribution in [3.8, 4) is 0 Å². The Morgan fingerprint density at radius 3 is 2.67 bits per heavy atom. The molecule has 1 heterocycles. The SMILES string of the molecule is Nc1ncnc(Nc2c(Cl)cc(F)cc2Br)c1Br. The van der Waals surface area contributed by atoms with Crippen molar-refractivity contribution in [3.05, 3.63) is 38.2 Å². The number of benzene rings is 1. The average molecular weight is 396 g/mol. The Balaban J connectivity index is 2.43. The van der Waals surface area contributed by atoms with E-state index in [1.807, 2.05) is 0 Å². The maximum atomic E-state index is 13.1. The average Bonchev–Trinajstić information content (AvgIpc) is 2.28. The summed E-state index contributed by atoms with van der Waals surface area (Å²) in [7, 11) is 0. The lowest BCUT2D eigenvalue weighted by atomic mass is 10.3. The lowest BCUT2D eigenvalue weighted by Gasteiger charge is -2.11. The zero-order chi connectivity index (χ0) is 13.3. The summed E-state index contributed by atoms with van der Waals surface area (Å²) >= 11 is 12.4. The van der Waals surface area contributed by atoms with Crippen LogP contribution in [0.3, 0.4) is 0 Å². The smallest absolute Gasteiger partial charge is 0.150 e. The molecule has 0 aliphatic heterocycles. The van der Waals surface area contributed by atoms with Crippen molar-refractivity contribution in [1.29, 1.82) is 0 Å². The van der Waals surface area contributed by atoms with E-state index in [0.29, 0.717) is 26.3 Å². The van der Waals surface area contributed by atoms with Gasteiger partial charge in [0.15, 0.2) is 0 Å². The fourth-order valence-electron chi connectivity index (χ4n) is 1.25. The van der Waals surface area contributed by atoms with Crippen LogP contribution in [0.5, 0.6) is 0 Å². The minimum atomic E-state index is -0.432. The van der Waals surface area contributed by atoms with Gasteiger partial charge in [-0.05, 0) is 44.0 Å². The lowest BCUT2D eigenvalue weighted by Crippen LogP contribution is -2.01. The van der Waals surface area contributed by atoms with Crippen LogP contribution in [-0.4, -0.2) is 9.97 Å². The zero-order valence-corrected chi connectivity index (χ0v) is 12.6. The molecule has 0 saturated carbocycles. The second-order valence-electron chi connectivity index (χ2n) is 3.29. The number of nitrogens with one attached hydrogen (secondary N) is 1. The Morgan fingerprint density at radius 1 is 1.28 bits per heavy atom. The van der Waals surface area contributed by atoms with Gasteiger partial charge in [-0.15, -0.1) is 0 Å². The van der Waals surface area contributed by atoms with Gasteiger partial charge in [0.05, 0.1) is 10.7 Å². The molecule has 0 bridgehead atoms.